The molecule has 1 aliphatic heterocycles. The summed E-state index contributed by atoms with van der Waals surface area (Å²) in [5, 5.41) is 5.96. The Kier molecular flexibility index (Phi) is 11.3. The molecular weight excluding hydrogens is 452 g/mol. The van der Waals surface area contributed by atoms with Crippen LogP contribution in [0.4, 0.5) is 4.79 Å². The van der Waals surface area contributed by atoms with Gasteiger partial charge < -0.3 is 20.4 Å². The molecule has 1 fully saturated rings. The van der Waals surface area contributed by atoms with Gasteiger partial charge in [0, 0.05) is 45.6 Å². The lowest BCUT2D eigenvalue weighted by atomic mass is 10.0. The maximum absolute atomic E-state index is 13.4. The second kappa shape index (κ2) is 14.9. The Morgan fingerprint density at radius 1 is 0.778 bits per heavy atom. The van der Waals surface area contributed by atoms with Gasteiger partial charge in [0.05, 0.1) is 0 Å². The molecule has 1 unspecified atom stereocenters. The Morgan fingerprint density at radius 3 is 2.00 bits per heavy atom. The van der Waals surface area contributed by atoms with Crippen molar-refractivity contribution in [1.82, 2.24) is 20.4 Å². The van der Waals surface area contributed by atoms with E-state index in [1.165, 1.54) is 12.8 Å². The summed E-state index contributed by atoms with van der Waals surface area (Å²) in [6.07, 6.45) is 6.27. The van der Waals surface area contributed by atoms with E-state index in [0.29, 0.717) is 45.6 Å². The van der Waals surface area contributed by atoms with Gasteiger partial charge in [0.1, 0.15) is 6.04 Å². The second-order valence-electron chi connectivity index (χ2n) is 9.43. The number of unbranched alkanes of at least 4 members (excludes halogenated alkanes) is 4. The third-order valence-electron chi connectivity index (χ3n) is 6.59. The van der Waals surface area contributed by atoms with Crippen LogP contribution in [0.5, 0.6) is 0 Å². The quantitative estimate of drug-likeness (QED) is 0.437. The van der Waals surface area contributed by atoms with Gasteiger partial charge in [0.25, 0.3) is 0 Å². The first-order chi connectivity index (χ1) is 17.6. The van der Waals surface area contributed by atoms with Crippen molar-refractivity contribution in [3.63, 3.8) is 0 Å². The lowest BCUT2D eigenvalue weighted by Crippen LogP contribution is -2.57. The number of benzene rings is 2. The fraction of sp³-hybridized carbons (Fsp3) is 0.483. The molecule has 4 amide bonds. The second-order valence-corrected chi connectivity index (χ2v) is 9.43. The highest BCUT2D eigenvalue weighted by molar-refractivity contribution is 5.88. The average molecular weight is 493 g/mol. The van der Waals surface area contributed by atoms with Gasteiger partial charge in [-0.05, 0) is 17.5 Å². The Morgan fingerprint density at radius 2 is 1.36 bits per heavy atom. The van der Waals surface area contributed by atoms with Crippen LogP contribution in [0.3, 0.4) is 0 Å². The fourth-order valence-electron chi connectivity index (χ4n) is 4.44. The van der Waals surface area contributed by atoms with E-state index in [9.17, 15) is 14.4 Å². The Hall–Kier alpha value is -3.35. The molecule has 1 heterocycles. The number of piperazine rings is 1. The van der Waals surface area contributed by atoms with Crippen LogP contribution in [-0.2, 0) is 22.6 Å². The lowest BCUT2D eigenvalue weighted by molar-refractivity contribution is -0.137. The van der Waals surface area contributed by atoms with Gasteiger partial charge in [0.15, 0.2) is 0 Å². The largest absolute Gasteiger partial charge is 0.344 e. The zero-order chi connectivity index (χ0) is 25.6. The van der Waals surface area contributed by atoms with Crippen LogP contribution in [0.2, 0.25) is 0 Å². The zero-order valence-corrected chi connectivity index (χ0v) is 21.5. The Bertz CT molecular complexity index is 944. The molecular formula is C29H40N4O3. The topological polar surface area (TPSA) is 81.8 Å². The molecule has 1 atom stereocenters. The molecule has 0 bridgehead atoms. The van der Waals surface area contributed by atoms with E-state index in [0.717, 1.165) is 30.4 Å². The third-order valence-corrected chi connectivity index (χ3v) is 6.59. The maximum Gasteiger partial charge on any atom is 0.317 e. The van der Waals surface area contributed by atoms with Crippen molar-refractivity contribution < 1.29 is 14.4 Å². The zero-order valence-electron chi connectivity index (χ0n) is 21.5. The van der Waals surface area contributed by atoms with Crippen molar-refractivity contribution in [1.29, 1.82) is 0 Å². The van der Waals surface area contributed by atoms with Crippen LogP contribution >= 0.6 is 0 Å². The smallest absolute Gasteiger partial charge is 0.317 e. The molecule has 0 saturated carbocycles. The van der Waals surface area contributed by atoms with E-state index in [2.05, 4.69) is 17.6 Å². The normalized spacial score (nSPS) is 14.2. The lowest BCUT2D eigenvalue weighted by Gasteiger charge is -2.36. The highest BCUT2D eigenvalue weighted by Gasteiger charge is 2.30. The molecule has 2 N–H and O–H groups in total. The minimum absolute atomic E-state index is 0.0697. The first-order valence-corrected chi connectivity index (χ1v) is 13.3. The number of rotatable bonds is 12. The van der Waals surface area contributed by atoms with Gasteiger partial charge >= 0.3 is 6.03 Å². The van der Waals surface area contributed by atoms with Gasteiger partial charge in [-0.15, -0.1) is 0 Å². The van der Waals surface area contributed by atoms with Crippen molar-refractivity contribution in [2.75, 3.05) is 26.2 Å². The SMILES string of the molecule is CCCCCCCC(=O)NC(Cc1ccccc1)C(=O)N1CCN(C(=O)NCc2ccccc2)CC1. The number of hydrogen-bond acceptors (Lipinski definition) is 3. The molecule has 1 saturated heterocycles. The van der Waals surface area contributed by atoms with Crippen molar-refractivity contribution in [3.8, 4) is 0 Å². The monoisotopic (exact) mass is 492 g/mol. The molecule has 0 aromatic heterocycles. The van der Waals surface area contributed by atoms with E-state index in [4.69, 9.17) is 0 Å². The number of carbonyl (C=O) groups excluding carboxylic acids is 3. The Balaban J connectivity index is 1.51. The predicted molar refractivity (Wildman–Crippen MR) is 142 cm³/mol. The molecule has 194 valence electrons. The molecule has 0 spiro atoms. The minimum Gasteiger partial charge on any atom is -0.344 e. The first-order valence-electron chi connectivity index (χ1n) is 13.3. The number of amides is 4. The number of hydrogen-bond donors (Lipinski definition) is 2. The number of nitrogens with zero attached hydrogens (tertiary/aromatic N) is 2. The summed E-state index contributed by atoms with van der Waals surface area (Å²) in [4.78, 5) is 42.2. The van der Waals surface area contributed by atoms with Crippen LogP contribution in [0.25, 0.3) is 0 Å². The maximum atomic E-state index is 13.4. The molecule has 1 aliphatic rings. The minimum atomic E-state index is -0.603. The van der Waals surface area contributed by atoms with Crippen LogP contribution in [-0.4, -0.2) is 59.9 Å². The van der Waals surface area contributed by atoms with Gasteiger partial charge in [-0.3, -0.25) is 9.59 Å². The molecule has 2 aromatic carbocycles. The highest BCUT2D eigenvalue weighted by atomic mass is 16.2. The fourth-order valence-corrected chi connectivity index (χ4v) is 4.44. The van der Waals surface area contributed by atoms with Crippen LogP contribution < -0.4 is 10.6 Å². The molecule has 3 rings (SSSR count). The summed E-state index contributed by atoms with van der Waals surface area (Å²) in [5.41, 5.74) is 2.06. The summed E-state index contributed by atoms with van der Waals surface area (Å²) < 4.78 is 0. The highest BCUT2D eigenvalue weighted by Crippen LogP contribution is 2.11. The number of nitrogens with one attached hydrogen (secondary N) is 2. The molecule has 0 aliphatic carbocycles. The van der Waals surface area contributed by atoms with Crippen molar-refractivity contribution in [3.05, 3.63) is 71.8 Å². The van der Waals surface area contributed by atoms with Gasteiger partial charge in [-0.2, -0.15) is 0 Å². The van der Waals surface area contributed by atoms with Crippen LogP contribution in [0.15, 0.2) is 60.7 Å². The Labute approximate surface area is 215 Å². The van der Waals surface area contributed by atoms with Gasteiger partial charge in [-0.25, -0.2) is 4.79 Å². The first kappa shape index (κ1) is 27.2. The molecule has 7 nitrogen and oxygen atoms in total. The molecule has 36 heavy (non-hydrogen) atoms. The van der Waals surface area contributed by atoms with E-state index in [1.54, 1.807) is 9.80 Å². The predicted octanol–water partition coefficient (Wildman–Crippen LogP) is 4.13. The van der Waals surface area contributed by atoms with Crippen molar-refractivity contribution >= 4 is 17.8 Å². The van der Waals surface area contributed by atoms with Gasteiger partial charge in [-0.1, -0.05) is 93.3 Å². The van der Waals surface area contributed by atoms with E-state index < -0.39 is 6.04 Å². The van der Waals surface area contributed by atoms with Crippen LogP contribution in [0, 0.1) is 0 Å². The van der Waals surface area contributed by atoms with Crippen LogP contribution in [0.1, 0.15) is 56.6 Å². The summed E-state index contributed by atoms with van der Waals surface area (Å²) in [5.74, 6) is -0.151. The summed E-state index contributed by atoms with van der Waals surface area (Å²) in [7, 11) is 0. The van der Waals surface area contributed by atoms with Crippen molar-refractivity contribution in [2.24, 2.45) is 0 Å². The summed E-state index contributed by atoms with van der Waals surface area (Å²) >= 11 is 0. The van der Waals surface area contributed by atoms with E-state index >= 15 is 0 Å². The standard InChI is InChI=1S/C29H40N4O3/c1-2-3-4-5-12-17-27(34)31-26(22-24-13-8-6-9-14-24)28(35)32-18-20-33(21-19-32)29(36)30-23-25-15-10-7-11-16-25/h6-11,13-16,26H,2-5,12,17-23H2,1H3,(H,30,36)(H,31,34). The summed E-state index contributed by atoms with van der Waals surface area (Å²) in [6, 6.07) is 18.9. The van der Waals surface area contributed by atoms with Crippen molar-refractivity contribution in [2.45, 2.75) is 64.5 Å². The average Bonchev–Trinajstić information content (AvgIpc) is 2.92. The molecule has 0 radical (unpaired) electrons. The molecule has 2 aromatic rings. The number of urea groups is 1. The molecule has 7 heteroatoms. The number of carbonyl (C=O) groups is 3. The van der Waals surface area contributed by atoms with E-state index in [1.807, 2.05) is 60.7 Å². The third kappa shape index (κ3) is 9.02. The van der Waals surface area contributed by atoms with Gasteiger partial charge in [0.2, 0.25) is 11.8 Å². The summed E-state index contributed by atoms with van der Waals surface area (Å²) in [6.45, 7) is 4.49. The van der Waals surface area contributed by atoms with E-state index in [-0.39, 0.29) is 17.8 Å².